The SMILES string of the molecule is CC(SCc1ccccc1)C(=O)NCc1ccc(N2CCOCC2)nc1. The number of hydrogen-bond donors (Lipinski definition) is 1. The van der Waals surface area contributed by atoms with Crippen molar-refractivity contribution in [2.24, 2.45) is 0 Å². The molecular formula is C20H25N3O2S. The van der Waals surface area contributed by atoms with E-state index in [1.54, 1.807) is 11.8 Å². The van der Waals surface area contributed by atoms with Gasteiger partial charge in [0.1, 0.15) is 5.82 Å². The molecule has 138 valence electrons. The average molecular weight is 372 g/mol. The zero-order valence-electron chi connectivity index (χ0n) is 15.1. The zero-order valence-corrected chi connectivity index (χ0v) is 15.9. The molecule has 1 aromatic carbocycles. The lowest BCUT2D eigenvalue weighted by molar-refractivity contribution is -0.120. The maximum atomic E-state index is 12.3. The molecule has 1 saturated heterocycles. The van der Waals surface area contributed by atoms with Gasteiger partial charge in [-0.2, -0.15) is 0 Å². The Hall–Kier alpha value is -2.05. The van der Waals surface area contributed by atoms with Gasteiger partial charge in [0, 0.05) is 31.6 Å². The van der Waals surface area contributed by atoms with Crippen molar-refractivity contribution in [3.63, 3.8) is 0 Å². The summed E-state index contributed by atoms with van der Waals surface area (Å²) in [5, 5.41) is 2.91. The van der Waals surface area contributed by atoms with Gasteiger partial charge >= 0.3 is 0 Å². The summed E-state index contributed by atoms with van der Waals surface area (Å²) in [6, 6.07) is 14.3. The number of hydrogen-bond acceptors (Lipinski definition) is 5. The van der Waals surface area contributed by atoms with Crippen molar-refractivity contribution in [1.82, 2.24) is 10.3 Å². The van der Waals surface area contributed by atoms with Crippen LogP contribution in [0.3, 0.4) is 0 Å². The molecule has 0 saturated carbocycles. The van der Waals surface area contributed by atoms with Gasteiger partial charge < -0.3 is 15.0 Å². The van der Waals surface area contributed by atoms with Gasteiger partial charge in [-0.05, 0) is 24.1 Å². The Kier molecular flexibility index (Phi) is 6.91. The van der Waals surface area contributed by atoms with Gasteiger partial charge in [-0.3, -0.25) is 4.79 Å². The number of thioether (sulfide) groups is 1. The average Bonchev–Trinajstić information content (AvgIpc) is 2.72. The number of nitrogens with one attached hydrogen (secondary N) is 1. The van der Waals surface area contributed by atoms with Gasteiger partial charge in [-0.15, -0.1) is 11.8 Å². The molecule has 0 aliphatic carbocycles. The minimum absolute atomic E-state index is 0.0585. The van der Waals surface area contributed by atoms with Crippen molar-refractivity contribution in [2.45, 2.75) is 24.5 Å². The third kappa shape index (κ3) is 5.47. The predicted molar refractivity (Wildman–Crippen MR) is 106 cm³/mol. The molecule has 5 nitrogen and oxygen atoms in total. The fraction of sp³-hybridized carbons (Fsp3) is 0.400. The van der Waals surface area contributed by atoms with Crippen LogP contribution in [0.1, 0.15) is 18.1 Å². The molecule has 1 unspecified atom stereocenters. The first-order chi connectivity index (χ1) is 12.7. The smallest absolute Gasteiger partial charge is 0.233 e. The van der Waals surface area contributed by atoms with Gasteiger partial charge in [0.25, 0.3) is 0 Å². The second-order valence-electron chi connectivity index (χ2n) is 6.28. The molecule has 3 rings (SSSR count). The summed E-state index contributed by atoms with van der Waals surface area (Å²) >= 11 is 1.65. The van der Waals surface area contributed by atoms with E-state index in [4.69, 9.17) is 4.74 Å². The maximum Gasteiger partial charge on any atom is 0.233 e. The highest BCUT2D eigenvalue weighted by atomic mass is 32.2. The number of rotatable bonds is 7. The highest BCUT2D eigenvalue weighted by molar-refractivity contribution is 7.99. The second-order valence-corrected chi connectivity index (χ2v) is 7.61. The molecule has 0 bridgehead atoms. The summed E-state index contributed by atoms with van der Waals surface area (Å²) in [5.41, 5.74) is 2.25. The van der Waals surface area contributed by atoms with E-state index in [0.717, 1.165) is 43.4 Å². The van der Waals surface area contributed by atoms with Crippen LogP contribution in [0, 0.1) is 0 Å². The molecular weight excluding hydrogens is 346 g/mol. The lowest BCUT2D eigenvalue weighted by Crippen LogP contribution is -2.36. The molecule has 26 heavy (non-hydrogen) atoms. The number of carbonyl (C=O) groups excluding carboxylic acids is 1. The highest BCUT2D eigenvalue weighted by Gasteiger charge is 2.14. The normalized spacial score (nSPS) is 15.5. The van der Waals surface area contributed by atoms with Crippen LogP contribution in [0.25, 0.3) is 0 Å². The van der Waals surface area contributed by atoms with Crippen LogP contribution in [-0.4, -0.2) is 42.4 Å². The highest BCUT2D eigenvalue weighted by Crippen LogP contribution is 2.18. The van der Waals surface area contributed by atoms with Gasteiger partial charge in [0.15, 0.2) is 0 Å². The lowest BCUT2D eigenvalue weighted by atomic mass is 10.2. The molecule has 1 atom stereocenters. The van der Waals surface area contributed by atoms with Crippen LogP contribution in [0.4, 0.5) is 5.82 Å². The fourth-order valence-corrected chi connectivity index (χ4v) is 3.57. The fourth-order valence-electron chi connectivity index (χ4n) is 2.70. The third-order valence-electron chi connectivity index (χ3n) is 4.32. The monoisotopic (exact) mass is 371 g/mol. The van der Waals surface area contributed by atoms with Crippen LogP contribution >= 0.6 is 11.8 Å². The van der Waals surface area contributed by atoms with Crippen LogP contribution in [0.5, 0.6) is 0 Å². The minimum Gasteiger partial charge on any atom is -0.378 e. The number of morpholine rings is 1. The number of benzene rings is 1. The molecule has 1 aromatic heterocycles. The van der Waals surface area contributed by atoms with E-state index in [2.05, 4.69) is 27.3 Å². The Labute approximate surface area is 159 Å². The van der Waals surface area contributed by atoms with E-state index >= 15 is 0 Å². The standard InChI is InChI=1S/C20H25N3O2S/c1-16(26-15-17-5-3-2-4-6-17)20(24)22-14-18-7-8-19(21-13-18)23-9-11-25-12-10-23/h2-8,13,16H,9-12,14-15H2,1H3,(H,22,24). The van der Waals surface area contributed by atoms with E-state index in [1.807, 2.05) is 43.5 Å². The molecule has 2 heterocycles. The Morgan fingerprint density at radius 2 is 1.96 bits per heavy atom. The van der Waals surface area contributed by atoms with Crippen molar-refractivity contribution in [1.29, 1.82) is 0 Å². The van der Waals surface area contributed by atoms with Crippen LogP contribution < -0.4 is 10.2 Å². The van der Waals surface area contributed by atoms with Gasteiger partial charge in [0.05, 0.1) is 18.5 Å². The maximum absolute atomic E-state index is 12.3. The summed E-state index contributed by atoms with van der Waals surface area (Å²) < 4.78 is 5.36. The van der Waals surface area contributed by atoms with Crippen LogP contribution in [-0.2, 0) is 21.8 Å². The van der Waals surface area contributed by atoms with Gasteiger partial charge in [-0.1, -0.05) is 36.4 Å². The first-order valence-corrected chi connectivity index (χ1v) is 9.98. The quantitative estimate of drug-likeness (QED) is 0.811. The Morgan fingerprint density at radius 3 is 2.65 bits per heavy atom. The number of pyridine rings is 1. The van der Waals surface area contributed by atoms with Crippen molar-refractivity contribution in [3.8, 4) is 0 Å². The van der Waals surface area contributed by atoms with E-state index in [-0.39, 0.29) is 11.2 Å². The van der Waals surface area contributed by atoms with Gasteiger partial charge in [-0.25, -0.2) is 4.98 Å². The van der Waals surface area contributed by atoms with Crippen molar-refractivity contribution >= 4 is 23.5 Å². The van der Waals surface area contributed by atoms with Crippen molar-refractivity contribution in [3.05, 3.63) is 59.8 Å². The number of aromatic nitrogens is 1. The summed E-state index contributed by atoms with van der Waals surface area (Å²) in [6.07, 6.45) is 1.84. The minimum atomic E-state index is -0.0872. The number of anilines is 1. The first-order valence-electron chi connectivity index (χ1n) is 8.93. The van der Waals surface area contributed by atoms with Gasteiger partial charge in [0.2, 0.25) is 5.91 Å². The Balaban J connectivity index is 1.43. The van der Waals surface area contributed by atoms with E-state index in [0.29, 0.717) is 6.54 Å². The molecule has 1 N–H and O–H groups in total. The molecule has 0 radical (unpaired) electrons. The molecule has 6 heteroatoms. The molecule has 0 spiro atoms. The Morgan fingerprint density at radius 1 is 1.19 bits per heavy atom. The number of nitrogens with zero attached hydrogens (tertiary/aromatic N) is 2. The van der Waals surface area contributed by atoms with Crippen molar-refractivity contribution in [2.75, 3.05) is 31.2 Å². The molecule has 1 aliphatic rings. The zero-order chi connectivity index (χ0) is 18.2. The molecule has 1 fully saturated rings. The number of amides is 1. The first kappa shape index (κ1) is 18.7. The summed E-state index contributed by atoms with van der Waals surface area (Å²) in [6.45, 7) is 5.70. The predicted octanol–water partition coefficient (Wildman–Crippen LogP) is 2.86. The van der Waals surface area contributed by atoms with Crippen molar-refractivity contribution < 1.29 is 9.53 Å². The van der Waals surface area contributed by atoms with E-state index < -0.39 is 0 Å². The van der Waals surface area contributed by atoms with E-state index in [9.17, 15) is 4.79 Å². The van der Waals surface area contributed by atoms with Crippen LogP contribution in [0.2, 0.25) is 0 Å². The molecule has 1 amide bonds. The number of carbonyl (C=O) groups is 1. The summed E-state index contributed by atoms with van der Waals surface area (Å²) in [7, 11) is 0. The molecule has 2 aromatic rings. The molecule has 1 aliphatic heterocycles. The third-order valence-corrected chi connectivity index (χ3v) is 5.54. The van der Waals surface area contributed by atoms with Crippen LogP contribution in [0.15, 0.2) is 48.7 Å². The number of ether oxygens (including phenoxy) is 1. The topological polar surface area (TPSA) is 54.5 Å². The Bertz CT molecular complexity index is 688. The summed E-state index contributed by atoms with van der Waals surface area (Å²) in [4.78, 5) is 19.0. The largest absolute Gasteiger partial charge is 0.378 e. The lowest BCUT2D eigenvalue weighted by Gasteiger charge is -2.27. The summed E-state index contributed by atoms with van der Waals surface area (Å²) in [5.74, 6) is 1.86. The second kappa shape index (κ2) is 9.59. The van der Waals surface area contributed by atoms with E-state index in [1.165, 1.54) is 5.56 Å².